The normalized spacial score (nSPS) is 24.6. The molecule has 3 atom stereocenters. The van der Waals surface area contributed by atoms with E-state index in [1.165, 1.54) is 34.2 Å². The third-order valence-electron chi connectivity index (χ3n) is 6.66. The van der Waals surface area contributed by atoms with Gasteiger partial charge in [-0.05, 0) is 66.0 Å². The highest BCUT2D eigenvalue weighted by Crippen LogP contribution is 2.41. The van der Waals surface area contributed by atoms with Gasteiger partial charge >= 0.3 is 0 Å². The van der Waals surface area contributed by atoms with E-state index in [1.807, 2.05) is 0 Å². The van der Waals surface area contributed by atoms with Gasteiger partial charge in [-0.25, -0.2) is 0 Å². The number of hydrogen-bond donors (Lipinski definition) is 2. The van der Waals surface area contributed by atoms with Crippen molar-refractivity contribution in [2.75, 3.05) is 13.7 Å². The van der Waals surface area contributed by atoms with Crippen molar-refractivity contribution in [3.05, 3.63) is 71.4 Å². The van der Waals surface area contributed by atoms with E-state index in [-0.39, 0.29) is 0 Å². The van der Waals surface area contributed by atoms with E-state index < -0.39 is 0 Å². The molecule has 0 saturated heterocycles. The Morgan fingerprint density at radius 1 is 1.00 bits per heavy atom. The number of hydrogen-bond acceptors (Lipinski definition) is 2. The van der Waals surface area contributed by atoms with E-state index in [1.54, 1.807) is 12.7 Å². The Bertz CT molecular complexity index is 1010. The van der Waals surface area contributed by atoms with Gasteiger partial charge in [-0.2, -0.15) is 0 Å². The Morgan fingerprint density at radius 3 is 2.64 bits per heavy atom. The summed E-state index contributed by atoms with van der Waals surface area (Å²) in [5, 5.41) is 5.20. The minimum absolute atomic E-state index is 0.534. The van der Waals surface area contributed by atoms with Crippen LogP contribution in [0, 0.1) is 5.92 Å². The number of aromatic amines is 1. The molecule has 3 unspecified atom stereocenters. The summed E-state index contributed by atoms with van der Waals surface area (Å²) in [6.45, 7) is 3.33. The van der Waals surface area contributed by atoms with Crippen molar-refractivity contribution < 1.29 is 4.74 Å². The monoisotopic (exact) mass is 372 g/mol. The standard InChI is InChI=1S/C25H28N2O/c1-16-13-19(14-22-21-5-3-4-6-23(21)27-25(16)22)24-15-18(11-12-26-24)17-7-9-20(28-2)10-8-17/h3-11,16,19,24,26-27H,12-15H2,1-2H3. The second-order valence-corrected chi connectivity index (χ2v) is 8.34. The van der Waals surface area contributed by atoms with Gasteiger partial charge in [0.15, 0.2) is 0 Å². The Morgan fingerprint density at radius 2 is 1.82 bits per heavy atom. The van der Waals surface area contributed by atoms with Crippen LogP contribution in [0.15, 0.2) is 54.6 Å². The Kier molecular flexibility index (Phi) is 4.48. The zero-order valence-electron chi connectivity index (χ0n) is 16.7. The molecule has 1 aliphatic carbocycles. The number of para-hydroxylation sites is 1. The molecule has 0 bridgehead atoms. The molecule has 0 amide bonds. The fourth-order valence-corrected chi connectivity index (χ4v) is 5.19. The molecule has 3 nitrogen and oxygen atoms in total. The summed E-state index contributed by atoms with van der Waals surface area (Å²) >= 11 is 0. The van der Waals surface area contributed by atoms with E-state index in [4.69, 9.17) is 4.74 Å². The second kappa shape index (κ2) is 7.14. The summed E-state index contributed by atoms with van der Waals surface area (Å²) in [6, 6.07) is 17.8. The molecule has 3 aromatic rings. The molecule has 2 N–H and O–H groups in total. The summed E-state index contributed by atoms with van der Waals surface area (Å²) in [5.74, 6) is 2.17. The van der Waals surface area contributed by atoms with Gasteiger partial charge in [-0.1, -0.05) is 43.3 Å². The molecule has 1 aliphatic heterocycles. The van der Waals surface area contributed by atoms with Gasteiger partial charge < -0.3 is 15.0 Å². The molecule has 2 aromatic carbocycles. The van der Waals surface area contributed by atoms with E-state index in [2.05, 4.69) is 71.8 Å². The van der Waals surface area contributed by atoms with Crippen molar-refractivity contribution in [3.8, 4) is 5.75 Å². The second-order valence-electron chi connectivity index (χ2n) is 8.34. The highest BCUT2D eigenvalue weighted by molar-refractivity contribution is 5.85. The van der Waals surface area contributed by atoms with Crippen molar-refractivity contribution >= 4 is 16.5 Å². The van der Waals surface area contributed by atoms with E-state index in [0.717, 1.165) is 25.1 Å². The van der Waals surface area contributed by atoms with Gasteiger partial charge in [-0.3, -0.25) is 0 Å². The lowest BCUT2D eigenvalue weighted by Gasteiger charge is -2.36. The predicted molar refractivity (Wildman–Crippen MR) is 116 cm³/mol. The highest BCUT2D eigenvalue weighted by atomic mass is 16.5. The number of methoxy groups -OCH3 is 1. The summed E-state index contributed by atoms with van der Waals surface area (Å²) in [7, 11) is 1.72. The first kappa shape index (κ1) is 17.6. The number of fused-ring (bicyclic) bond motifs is 3. The van der Waals surface area contributed by atoms with Crippen molar-refractivity contribution in [2.24, 2.45) is 5.92 Å². The van der Waals surface area contributed by atoms with Crippen molar-refractivity contribution in [3.63, 3.8) is 0 Å². The first-order valence-corrected chi connectivity index (χ1v) is 10.4. The molecule has 0 spiro atoms. The Labute approximate surface area is 166 Å². The molecule has 0 radical (unpaired) electrons. The molecule has 2 heterocycles. The number of benzene rings is 2. The summed E-state index contributed by atoms with van der Waals surface area (Å²) < 4.78 is 5.31. The lowest BCUT2D eigenvalue weighted by Crippen LogP contribution is -2.41. The number of aromatic nitrogens is 1. The third kappa shape index (κ3) is 3.04. The van der Waals surface area contributed by atoms with Crippen LogP contribution in [0.5, 0.6) is 5.75 Å². The maximum Gasteiger partial charge on any atom is 0.118 e. The van der Waals surface area contributed by atoms with Crippen LogP contribution in [-0.4, -0.2) is 24.7 Å². The van der Waals surface area contributed by atoms with Crippen molar-refractivity contribution in [1.29, 1.82) is 0 Å². The number of H-pyrrole nitrogens is 1. The zero-order chi connectivity index (χ0) is 19.1. The average Bonchev–Trinajstić information content (AvgIpc) is 3.13. The topological polar surface area (TPSA) is 37.0 Å². The zero-order valence-corrected chi connectivity index (χ0v) is 16.7. The van der Waals surface area contributed by atoms with E-state index in [9.17, 15) is 0 Å². The predicted octanol–water partition coefficient (Wildman–Crippen LogP) is 5.29. The summed E-state index contributed by atoms with van der Waals surface area (Å²) in [6.07, 6.45) is 5.85. The number of ether oxygens (including phenoxy) is 1. The highest BCUT2D eigenvalue weighted by Gasteiger charge is 2.33. The largest absolute Gasteiger partial charge is 0.497 e. The molecule has 0 saturated carbocycles. The van der Waals surface area contributed by atoms with Gasteiger partial charge in [0.2, 0.25) is 0 Å². The summed E-state index contributed by atoms with van der Waals surface area (Å²) in [4.78, 5) is 3.69. The van der Waals surface area contributed by atoms with E-state index >= 15 is 0 Å². The quantitative estimate of drug-likeness (QED) is 0.656. The molecule has 1 aromatic heterocycles. The fraction of sp³-hybridized carbons (Fsp3) is 0.360. The molecular formula is C25H28N2O. The van der Waals surface area contributed by atoms with Crippen molar-refractivity contribution in [2.45, 2.75) is 38.1 Å². The van der Waals surface area contributed by atoms with Crippen LogP contribution in [-0.2, 0) is 6.42 Å². The van der Waals surface area contributed by atoms with Crippen LogP contribution < -0.4 is 10.1 Å². The molecule has 2 aliphatic rings. The maximum atomic E-state index is 5.31. The first-order chi connectivity index (χ1) is 13.7. The Balaban J connectivity index is 1.39. The smallest absolute Gasteiger partial charge is 0.118 e. The van der Waals surface area contributed by atoms with E-state index in [0.29, 0.717) is 17.9 Å². The van der Waals surface area contributed by atoms with Gasteiger partial charge in [0.25, 0.3) is 0 Å². The molecular weight excluding hydrogens is 344 g/mol. The molecule has 144 valence electrons. The Hall–Kier alpha value is -2.52. The number of rotatable bonds is 3. The van der Waals surface area contributed by atoms with Gasteiger partial charge in [0.1, 0.15) is 5.75 Å². The summed E-state index contributed by atoms with van der Waals surface area (Å²) in [5.41, 5.74) is 7.07. The lowest BCUT2D eigenvalue weighted by atomic mass is 9.74. The number of nitrogens with one attached hydrogen (secondary N) is 2. The molecule has 3 heteroatoms. The molecule has 28 heavy (non-hydrogen) atoms. The van der Waals surface area contributed by atoms with Gasteiger partial charge in [-0.15, -0.1) is 0 Å². The minimum atomic E-state index is 0.534. The van der Waals surface area contributed by atoms with Crippen LogP contribution >= 0.6 is 0 Å². The van der Waals surface area contributed by atoms with Crippen LogP contribution in [0.3, 0.4) is 0 Å². The van der Waals surface area contributed by atoms with Crippen molar-refractivity contribution in [1.82, 2.24) is 10.3 Å². The average molecular weight is 373 g/mol. The lowest BCUT2D eigenvalue weighted by molar-refractivity contribution is 0.306. The molecule has 5 rings (SSSR count). The van der Waals surface area contributed by atoms with Crippen LogP contribution in [0.25, 0.3) is 16.5 Å². The fourth-order valence-electron chi connectivity index (χ4n) is 5.19. The first-order valence-electron chi connectivity index (χ1n) is 10.4. The molecule has 0 fully saturated rings. The third-order valence-corrected chi connectivity index (χ3v) is 6.66. The van der Waals surface area contributed by atoms with Crippen LogP contribution in [0.2, 0.25) is 0 Å². The maximum absolute atomic E-state index is 5.31. The van der Waals surface area contributed by atoms with Gasteiger partial charge in [0.05, 0.1) is 7.11 Å². The minimum Gasteiger partial charge on any atom is -0.497 e. The van der Waals surface area contributed by atoms with Gasteiger partial charge in [0, 0.05) is 29.2 Å². The van der Waals surface area contributed by atoms with Crippen LogP contribution in [0.1, 0.15) is 42.5 Å². The van der Waals surface area contributed by atoms with Crippen LogP contribution in [0.4, 0.5) is 0 Å². The SMILES string of the molecule is COc1ccc(C2=CCNC(C3Cc4c([nH]c5ccccc45)C(C)C3)C2)cc1.